The number of aromatic nitrogens is 1. The predicted molar refractivity (Wildman–Crippen MR) is 73.1 cm³/mol. The number of nitrogens with two attached hydrogens (primary N) is 1. The maximum atomic E-state index is 12.0. The fourth-order valence-corrected chi connectivity index (χ4v) is 1.88. The van der Waals surface area contributed by atoms with Gasteiger partial charge in [-0.1, -0.05) is 29.3 Å². The van der Waals surface area contributed by atoms with E-state index in [-0.39, 0.29) is 5.56 Å². The largest absolute Gasteiger partial charge is 0.398 e. The van der Waals surface area contributed by atoms with Gasteiger partial charge >= 0.3 is 0 Å². The molecule has 6 heteroatoms. The molecular weight excluding hydrogens is 273 g/mol. The lowest BCUT2D eigenvalue weighted by Crippen LogP contribution is -2.14. The number of carbonyl (C=O) groups is 1. The van der Waals surface area contributed by atoms with E-state index in [0.717, 1.165) is 0 Å². The summed E-state index contributed by atoms with van der Waals surface area (Å²) in [6, 6.07) is 6.51. The first-order valence-corrected chi connectivity index (χ1v) is 5.80. The van der Waals surface area contributed by atoms with E-state index < -0.39 is 5.91 Å². The summed E-state index contributed by atoms with van der Waals surface area (Å²) in [7, 11) is 0. The number of benzene rings is 1. The van der Waals surface area contributed by atoms with Gasteiger partial charge < -0.3 is 11.1 Å². The summed E-state index contributed by atoms with van der Waals surface area (Å²) in [4.78, 5) is 15.8. The second-order valence-corrected chi connectivity index (χ2v) is 4.33. The molecule has 0 saturated carbocycles. The van der Waals surface area contributed by atoms with Crippen molar-refractivity contribution < 1.29 is 4.79 Å². The Labute approximate surface area is 114 Å². The van der Waals surface area contributed by atoms with Gasteiger partial charge in [0.25, 0.3) is 5.91 Å². The van der Waals surface area contributed by atoms with Gasteiger partial charge in [-0.15, -0.1) is 0 Å². The number of rotatable bonds is 2. The first-order chi connectivity index (χ1) is 8.59. The summed E-state index contributed by atoms with van der Waals surface area (Å²) in [5.41, 5.74) is 6.65. The number of carbonyl (C=O) groups excluding carboxylic acids is 1. The first-order valence-electron chi connectivity index (χ1n) is 5.04. The second-order valence-electron chi connectivity index (χ2n) is 3.51. The molecule has 0 spiro atoms. The number of nitrogens with one attached hydrogen (secondary N) is 1. The van der Waals surface area contributed by atoms with E-state index in [0.29, 0.717) is 21.4 Å². The minimum Gasteiger partial charge on any atom is -0.398 e. The Balaban J connectivity index is 2.30. The zero-order chi connectivity index (χ0) is 13.1. The van der Waals surface area contributed by atoms with Crippen LogP contribution >= 0.6 is 23.2 Å². The minimum absolute atomic E-state index is 0.272. The van der Waals surface area contributed by atoms with Crippen molar-refractivity contribution in [1.29, 1.82) is 0 Å². The van der Waals surface area contributed by atoms with E-state index >= 15 is 0 Å². The highest BCUT2D eigenvalue weighted by molar-refractivity contribution is 6.40. The van der Waals surface area contributed by atoms with Crippen LogP contribution in [0, 0.1) is 0 Å². The highest BCUT2D eigenvalue weighted by atomic mass is 35.5. The van der Waals surface area contributed by atoms with Crippen molar-refractivity contribution in [2.75, 3.05) is 11.1 Å². The molecule has 0 atom stereocenters. The fourth-order valence-electron chi connectivity index (χ4n) is 1.39. The average Bonchev–Trinajstić information content (AvgIpc) is 2.34. The molecule has 0 aliphatic rings. The summed E-state index contributed by atoms with van der Waals surface area (Å²) in [5, 5.41) is 3.33. The molecular formula is C12H9Cl2N3O. The lowest BCUT2D eigenvalue weighted by atomic mass is 10.2. The number of pyridine rings is 1. The fraction of sp³-hybridized carbons (Fsp3) is 0. The second kappa shape index (κ2) is 5.25. The number of para-hydroxylation sites is 1. The van der Waals surface area contributed by atoms with E-state index in [1.165, 1.54) is 12.4 Å². The van der Waals surface area contributed by atoms with E-state index in [1.807, 2.05) is 0 Å². The molecule has 2 aromatic rings. The van der Waals surface area contributed by atoms with Crippen LogP contribution in [0.25, 0.3) is 0 Å². The van der Waals surface area contributed by atoms with Gasteiger partial charge in [0, 0.05) is 18.1 Å². The van der Waals surface area contributed by atoms with Crippen LogP contribution in [-0.4, -0.2) is 10.9 Å². The number of halogens is 2. The van der Waals surface area contributed by atoms with Crippen molar-refractivity contribution >= 4 is 40.5 Å². The number of hydrogen-bond acceptors (Lipinski definition) is 3. The molecule has 0 radical (unpaired) electrons. The molecule has 0 unspecified atom stereocenters. The smallest absolute Gasteiger partial charge is 0.259 e. The Morgan fingerprint density at radius 1 is 1.22 bits per heavy atom. The van der Waals surface area contributed by atoms with Crippen molar-refractivity contribution in [2.45, 2.75) is 0 Å². The molecule has 3 N–H and O–H groups in total. The maximum absolute atomic E-state index is 12.0. The summed E-state index contributed by atoms with van der Waals surface area (Å²) in [5.74, 6) is -0.407. The van der Waals surface area contributed by atoms with Gasteiger partial charge in [0.2, 0.25) is 0 Å². The van der Waals surface area contributed by atoms with Crippen LogP contribution in [0.4, 0.5) is 11.4 Å². The summed E-state index contributed by atoms with van der Waals surface area (Å²) in [6.45, 7) is 0. The maximum Gasteiger partial charge on any atom is 0.259 e. The lowest BCUT2D eigenvalue weighted by Gasteiger charge is -2.09. The molecule has 0 aliphatic heterocycles. The first kappa shape index (κ1) is 12.7. The van der Waals surface area contributed by atoms with Crippen LogP contribution in [0.1, 0.15) is 10.4 Å². The molecule has 2 rings (SSSR count). The van der Waals surface area contributed by atoms with Crippen LogP contribution in [0.5, 0.6) is 0 Å². The third-order valence-corrected chi connectivity index (χ3v) is 2.93. The molecule has 0 saturated heterocycles. The number of amides is 1. The topological polar surface area (TPSA) is 68.0 Å². The Morgan fingerprint density at radius 2 is 1.89 bits per heavy atom. The number of anilines is 2. The van der Waals surface area contributed by atoms with Gasteiger partial charge in [-0.05, 0) is 18.2 Å². The molecule has 1 aromatic heterocycles. The van der Waals surface area contributed by atoms with Gasteiger partial charge in [0.05, 0.1) is 21.3 Å². The molecule has 0 aliphatic carbocycles. The summed E-state index contributed by atoms with van der Waals surface area (Å²) < 4.78 is 0. The third-order valence-electron chi connectivity index (χ3n) is 2.30. The molecule has 0 fully saturated rings. The van der Waals surface area contributed by atoms with E-state index in [1.54, 1.807) is 24.3 Å². The highest BCUT2D eigenvalue weighted by Gasteiger charge is 2.13. The molecule has 1 amide bonds. The van der Waals surface area contributed by atoms with Crippen molar-refractivity contribution in [3.63, 3.8) is 0 Å². The number of nitrogens with zero attached hydrogens (tertiary/aromatic N) is 1. The van der Waals surface area contributed by atoms with Crippen LogP contribution in [0.15, 0.2) is 36.7 Å². The lowest BCUT2D eigenvalue weighted by molar-refractivity contribution is 0.102. The van der Waals surface area contributed by atoms with Gasteiger partial charge in [0.1, 0.15) is 0 Å². The van der Waals surface area contributed by atoms with Crippen molar-refractivity contribution in [3.05, 3.63) is 52.3 Å². The van der Waals surface area contributed by atoms with Crippen molar-refractivity contribution in [2.24, 2.45) is 0 Å². The summed E-state index contributed by atoms with van der Waals surface area (Å²) in [6.07, 6.45) is 2.89. The third kappa shape index (κ3) is 2.55. The molecule has 92 valence electrons. The Morgan fingerprint density at radius 3 is 2.50 bits per heavy atom. The predicted octanol–water partition coefficient (Wildman–Crippen LogP) is 3.22. The monoisotopic (exact) mass is 281 g/mol. The van der Waals surface area contributed by atoms with Crippen LogP contribution < -0.4 is 11.1 Å². The van der Waals surface area contributed by atoms with Gasteiger partial charge in [-0.2, -0.15) is 0 Å². The number of nitrogen functional groups attached to an aromatic ring is 1. The van der Waals surface area contributed by atoms with Gasteiger partial charge in [0.15, 0.2) is 0 Å². The van der Waals surface area contributed by atoms with Crippen molar-refractivity contribution in [1.82, 2.24) is 4.98 Å². The molecule has 0 bridgehead atoms. The summed E-state index contributed by atoms with van der Waals surface area (Å²) >= 11 is 11.9. The zero-order valence-corrected chi connectivity index (χ0v) is 10.7. The van der Waals surface area contributed by atoms with Crippen LogP contribution in [-0.2, 0) is 0 Å². The van der Waals surface area contributed by atoms with Gasteiger partial charge in [-0.25, -0.2) is 0 Å². The van der Waals surface area contributed by atoms with E-state index in [9.17, 15) is 4.79 Å². The Bertz CT molecular complexity index is 581. The van der Waals surface area contributed by atoms with Gasteiger partial charge in [-0.3, -0.25) is 9.78 Å². The Kier molecular flexibility index (Phi) is 3.69. The molecule has 1 heterocycles. The molecule has 1 aromatic carbocycles. The van der Waals surface area contributed by atoms with E-state index in [4.69, 9.17) is 28.9 Å². The average molecular weight is 282 g/mol. The van der Waals surface area contributed by atoms with Crippen LogP contribution in [0.3, 0.4) is 0 Å². The van der Waals surface area contributed by atoms with Crippen molar-refractivity contribution in [3.8, 4) is 0 Å². The van der Waals surface area contributed by atoms with E-state index in [2.05, 4.69) is 10.3 Å². The number of hydrogen-bond donors (Lipinski definition) is 2. The normalized spacial score (nSPS) is 10.1. The standard InChI is InChI=1S/C12H9Cl2N3O/c13-8-2-1-3-9(14)11(8)17-12(18)7-6-16-5-4-10(7)15/h1-6H,(H2,15,16)(H,17,18). The quantitative estimate of drug-likeness (QED) is 0.888. The zero-order valence-electron chi connectivity index (χ0n) is 9.15. The Hall–Kier alpha value is -1.78. The van der Waals surface area contributed by atoms with Crippen LogP contribution in [0.2, 0.25) is 10.0 Å². The SMILES string of the molecule is Nc1ccncc1C(=O)Nc1c(Cl)cccc1Cl. The minimum atomic E-state index is -0.407. The molecule has 4 nitrogen and oxygen atoms in total. The highest BCUT2D eigenvalue weighted by Crippen LogP contribution is 2.30. The molecule has 18 heavy (non-hydrogen) atoms.